The summed E-state index contributed by atoms with van der Waals surface area (Å²) in [7, 11) is 0. The van der Waals surface area contributed by atoms with Gasteiger partial charge in [-0.25, -0.2) is 0 Å². The third-order valence-electron chi connectivity index (χ3n) is 7.02. The maximum atomic E-state index is 3.61. The van der Waals surface area contributed by atoms with E-state index >= 15 is 0 Å². The molecule has 0 radical (unpaired) electrons. The average molecular weight is 491 g/mol. The van der Waals surface area contributed by atoms with Crippen molar-refractivity contribution < 1.29 is 0 Å². The normalized spacial score (nSPS) is 13.4. The van der Waals surface area contributed by atoms with Crippen LogP contribution in [-0.4, -0.2) is 4.98 Å². The summed E-state index contributed by atoms with van der Waals surface area (Å²) >= 11 is 0. The van der Waals surface area contributed by atoms with Crippen LogP contribution in [0.2, 0.25) is 0 Å². The molecule has 1 heterocycles. The first-order chi connectivity index (χ1) is 18.7. The lowest BCUT2D eigenvalue weighted by Gasteiger charge is -2.15. The van der Waals surface area contributed by atoms with E-state index in [1.807, 2.05) is 12.1 Å². The molecule has 6 rings (SSSR count). The van der Waals surface area contributed by atoms with Gasteiger partial charge in [-0.2, -0.15) is 0 Å². The summed E-state index contributed by atoms with van der Waals surface area (Å²) in [5.74, 6) is 0. The van der Waals surface area contributed by atoms with Crippen LogP contribution in [0.5, 0.6) is 0 Å². The van der Waals surface area contributed by atoms with Crippen LogP contribution < -0.4 is 5.32 Å². The standard InChI is InChI=1S/C36H30N2/c1-26-32(22-20-27-12-4-2-5-13-27)34-25-29(21-23-36(34)37-26)28-14-8-9-15-30(24-28)33-18-10-11-19-35(33)38-31-16-6-3-7-17-31/h2-14,16-25,37-38H,15H2,1H3/b22-20-. The molecule has 0 spiro atoms. The Balaban J connectivity index is 1.37. The number of nitrogens with one attached hydrogen (secondary N) is 2. The highest BCUT2D eigenvalue weighted by atomic mass is 14.9. The van der Waals surface area contributed by atoms with E-state index in [-0.39, 0.29) is 0 Å². The molecule has 38 heavy (non-hydrogen) atoms. The third kappa shape index (κ3) is 5.02. The van der Waals surface area contributed by atoms with Crippen LogP contribution in [0.1, 0.15) is 34.4 Å². The summed E-state index contributed by atoms with van der Waals surface area (Å²) in [6.07, 6.45) is 14.3. The number of hydrogen-bond donors (Lipinski definition) is 2. The zero-order valence-electron chi connectivity index (χ0n) is 21.5. The number of aromatic amines is 1. The monoisotopic (exact) mass is 490 g/mol. The van der Waals surface area contributed by atoms with Crippen LogP contribution in [0.25, 0.3) is 34.2 Å². The van der Waals surface area contributed by atoms with E-state index in [4.69, 9.17) is 0 Å². The molecular weight excluding hydrogens is 460 g/mol. The SMILES string of the molecule is Cc1[nH]c2ccc(C3=CC=CCC(c4ccccc4Nc4ccccc4)=C3)cc2c1/C=C\c1ccccc1. The highest BCUT2D eigenvalue weighted by Crippen LogP contribution is 2.35. The van der Waals surface area contributed by atoms with E-state index in [0.29, 0.717) is 0 Å². The van der Waals surface area contributed by atoms with Gasteiger partial charge >= 0.3 is 0 Å². The van der Waals surface area contributed by atoms with Crippen molar-refractivity contribution in [3.05, 3.63) is 155 Å². The Morgan fingerprint density at radius 3 is 2.39 bits per heavy atom. The quantitative estimate of drug-likeness (QED) is 0.243. The maximum Gasteiger partial charge on any atom is 0.0462 e. The molecule has 4 aromatic carbocycles. The van der Waals surface area contributed by atoms with Crippen molar-refractivity contribution in [2.24, 2.45) is 0 Å². The topological polar surface area (TPSA) is 27.8 Å². The van der Waals surface area contributed by atoms with Crippen molar-refractivity contribution in [3.8, 4) is 0 Å². The fourth-order valence-corrected chi connectivity index (χ4v) is 5.06. The predicted molar refractivity (Wildman–Crippen MR) is 164 cm³/mol. The first-order valence-electron chi connectivity index (χ1n) is 13.1. The second-order valence-corrected chi connectivity index (χ2v) is 9.63. The third-order valence-corrected chi connectivity index (χ3v) is 7.02. The van der Waals surface area contributed by atoms with E-state index in [0.717, 1.165) is 23.3 Å². The number of H-pyrrole nitrogens is 1. The number of para-hydroxylation sites is 2. The molecule has 184 valence electrons. The van der Waals surface area contributed by atoms with Gasteiger partial charge in [0.05, 0.1) is 0 Å². The lowest BCUT2D eigenvalue weighted by atomic mass is 9.95. The van der Waals surface area contributed by atoms with Crippen LogP contribution in [0, 0.1) is 6.92 Å². The van der Waals surface area contributed by atoms with E-state index in [2.05, 4.69) is 145 Å². The second-order valence-electron chi connectivity index (χ2n) is 9.63. The van der Waals surface area contributed by atoms with Crippen LogP contribution in [0.4, 0.5) is 11.4 Å². The number of hydrogen-bond acceptors (Lipinski definition) is 1. The van der Waals surface area contributed by atoms with Crippen molar-refractivity contribution in [2.45, 2.75) is 13.3 Å². The van der Waals surface area contributed by atoms with E-state index in [9.17, 15) is 0 Å². The molecule has 2 nitrogen and oxygen atoms in total. The zero-order valence-corrected chi connectivity index (χ0v) is 21.5. The van der Waals surface area contributed by atoms with Crippen molar-refractivity contribution in [3.63, 3.8) is 0 Å². The molecule has 0 amide bonds. The number of allylic oxidation sites excluding steroid dienone is 6. The van der Waals surface area contributed by atoms with Crippen LogP contribution in [0.3, 0.4) is 0 Å². The molecule has 0 aliphatic heterocycles. The Labute approximate surface area is 224 Å². The molecule has 1 aromatic heterocycles. The van der Waals surface area contributed by atoms with Gasteiger partial charge in [0.25, 0.3) is 0 Å². The fourth-order valence-electron chi connectivity index (χ4n) is 5.06. The van der Waals surface area contributed by atoms with Crippen LogP contribution in [-0.2, 0) is 0 Å². The maximum absolute atomic E-state index is 3.61. The number of fused-ring (bicyclic) bond motifs is 1. The van der Waals surface area contributed by atoms with Gasteiger partial charge in [0.2, 0.25) is 0 Å². The summed E-state index contributed by atoms with van der Waals surface area (Å²) in [6, 6.07) is 36.1. The Morgan fingerprint density at radius 1 is 0.789 bits per heavy atom. The minimum atomic E-state index is 0.879. The highest BCUT2D eigenvalue weighted by molar-refractivity contribution is 5.97. The molecular formula is C36H30N2. The Hall–Kier alpha value is -4.82. The number of benzene rings is 4. The summed E-state index contributed by atoms with van der Waals surface area (Å²) < 4.78 is 0. The van der Waals surface area contributed by atoms with Gasteiger partial charge in [-0.1, -0.05) is 109 Å². The van der Waals surface area contributed by atoms with E-state index < -0.39 is 0 Å². The molecule has 0 unspecified atom stereocenters. The first kappa shape index (κ1) is 23.6. The predicted octanol–water partition coefficient (Wildman–Crippen LogP) is 9.82. The molecule has 0 bridgehead atoms. The highest BCUT2D eigenvalue weighted by Gasteiger charge is 2.12. The minimum absolute atomic E-state index is 0.879. The average Bonchev–Trinajstić information content (AvgIpc) is 3.10. The molecule has 5 aromatic rings. The smallest absolute Gasteiger partial charge is 0.0462 e. The second kappa shape index (κ2) is 10.7. The fraction of sp³-hybridized carbons (Fsp3) is 0.0556. The number of aryl methyl sites for hydroxylation is 1. The van der Waals surface area contributed by atoms with Crippen molar-refractivity contribution >= 4 is 45.6 Å². The van der Waals surface area contributed by atoms with Gasteiger partial charge in [-0.3, -0.25) is 0 Å². The molecule has 2 N–H and O–H groups in total. The number of aromatic nitrogens is 1. The van der Waals surface area contributed by atoms with Crippen LogP contribution >= 0.6 is 0 Å². The molecule has 2 heteroatoms. The summed E-state index contributed by atoms with van der Waals surface area (Å²) in [6.45, 7) is 2.15. The zero-order chi connectivity index (χ0) is 25.7. The molecule has 0 saturated carbocycles. The summed E-state index contributed by atoms with van der Waals surface area (Å²) in [5.41, 5.74) is 11.9. The molecule has 0 atom stereocenters. The van der Waals surface area contributed by atoms with Crippen molar-refractivity contribution in [2.75, 3.05) is 5.32 Å². The van der Waals surface area contributed by atoms with Gasteiger partial charge in [0.1, 0.15) is 0 Å². The van der Waals surface area contributed by atoms with Gasteiger partial charge in [0, 0.05) is 39.1 Å². The molecule has 1 aliphatic rings. The lowest BCUT2D eigenvalue weighted by Crippen LogP contribution is -1.96. The molecule has 0 saturated heterocycles. The summed E-state index contributed by atoms with van der Waals surface area (Å²) in [4.78, 5) is 3.56. The summed E-state index contributed by atoms with van der Waals surface area (Å²) in [5, 5.41) is 4.85. The lowest BCUT2D eigenvalue weighted by molar-refractivity contribution is 1.29. The van der Waals surface area contributed by atoms with E-state index in [1.54, 1.807) is 0 Å². The number of rotatable bonds is 6. The first-order valence-corrected chi connectivity index (χ1v) is 13.1. The number of anilines is 2. The van der Waals surface area contributed by atoms with Gasteiger partial charge in [0.15, 0.2) is 0 Å². The van der Waals surface area contributed by atoms with Crippen molar-refractivity contribution in [1.82, 2.24) is 4.98 Å². The molecule has 1 aliphatic carbocycles. The Morgan fingerprint density at radius 2 is 1.55 bits per heavy atom. The van der Waals surface area contributed by atoms with Gasteiger partial charge < -0.3 is 10.3 Å². The van der Waals surface area contributed by atoms with Crippen LogP contribution in [0.15, 0.2) is 127 Å². The Bertz CT molecular complexity index is 1700. The van der Waals surface area contributed by atoms with Crippen molar-refractivity contribution in [1.29, 1.82) is 0 Å². The largest absolute Gasteiger partial charge is 0.358 e. The molecule has 0 fully saturated rings. The van der Waals surface area contributed by atoms with Gasteiger partial charge in [-0.15, -0.1) is 0 Å². The van der Waals surface area contributed by atoms with Gasteiger partial charge in [-0.05, 0) is 65.9 Å². The van der Waals surface area contributed by atoms with E-state index in [1.165, 1.54) is 44.5 Å². The minimum Gasteiger partial charge on any atom is -0.358 e. The Kier molecular flexibility index (Phi) is 6.61.